The molecule has 0 aromatic carbocycles. The summed E-state index contributed by atoms with van der Waals surface area (Å²) >= 11 is 3.19. The molecule has 72 valence electrons. The molecule has 0 fully saturated rings. The highest BCUT2D eigenvalue weighted by Gasteiger charge is 2.23. The van der Waals surface area contributed by atoms with Crippen LogP contribution in [0, 0.1) is 0 Å². The summed E-state index contributed by atoms with van der Waals surface area (Å²) in [4.78, 5) is 10.6. The van der Waals surface area contributed by atoms with Gasteiger partial charge in [-0.05, 0) is 27.4 Å². The summed E-state index contributed by atoms with van der Waals surface area (Å²) in [6.45, 7) is 5.98. The van der Waals surface area contributed by atoms with Gasteiger partial charge in [-0.1, -0.05) is 20.8 Å². The quantitative estimate of drug-likeness (QED) is 0.829. The van der Waals surface area contributed by atoms with Gasteiger partial charge in [0.15, 0.2) is 4.67 Å². The second-order valence-electron chi connectivity index (χ2n) is 3.85. The highest BCUT2D eigenvalue weighted by atomic mass is 79.9. The molecular formula is C9H11BrO3. The van der Waals surface area contributed by atoms with Crippen molar-refractivity contribution in [3.05, 3.63) is 22.1 Å². The molecule has 4 heteroatoms. The molecule has 0 aliphatic heterocycles. The monoisotopic (exact) mass is 246 g/mol. The van der Waals surface area contributed by atoms with E-state index < -0.39 is 5.97 Å². The van der Waals surface area contributed by atoms with Crippen molar-refractivity contribution in [3.63, 3.8) is 0 Å². The van der Waals surface area contributed by atoms with Crippen LogP contribution in [-0.4, -0.2) is 11.1 Å². The Morgan fingerprint density at radius 3 is 2.31 bits per heavy atom. The van der Waals surface area contributed by atoms with Crippen LogP contribution in [0.25, 0.3) is 0 Å². The molecule has 1 aromatic rings. The molecule has 0 aliphatic carbocycles. The van der Waals surface area contributed by atoms with Gasteiger partial charge < -0.3 is 9.52 Å². The predicted molar refractivity (Wildman–Crippen MR) is 52.1 cm³/mol. The molecule has 0 unspecified atom stereocenters. The maximum absolute atomic E-state index is 10.6. The van der Waals surface area contributed by atoms with E-state index in [1.54, 1.807) is 6.07 Å². The van der Waals surface area contributed by atoms with Crippen molar-refractivity contribution in [2.75, 3.05) is 0 Å². The zero-order chi connectivity index (χ0) is 10.2. The summed E-state index contributed by atoms with van der Waals surface area (Å²) in [6.07, 6.45) is 0. The predicted octanol–water partition coefficient (Wildman–Crippen LogP) is 3.04. The third-order valence-corrected chi connectivity index (χ3v) is 2.29. The van der Waals surface area contributed by atoms with Gasteiger partial charge in [-0.3, -0.25) is 0 Å². The first-order valence-electron chi connectivity index (χ1n) is 3.85. The first-order chi connectivity index (χ1) is 5.82. The lowest BCUT2D eigenvalue weighted by molar-refractivity contribution is 0.0661. The fourth-order valence-electron chi connectivity index (χ4n) is 0.986. The SMILES string of the molecule is CC(C)(C)c1cc(C(=O)O)oc1Br. The van der Waals surface area contributed by atoms with Gasteiger partial charge in [-0.25, -0.2) is 4.79 Å². The van der Waals surface area contributed by atoms with Gasteiger partial charge >= 0.3 is 5.97 Å². The van der Waals surface area contributed by atoms with E-state index in [9.17, 15) is 4.79 Å². The number of rotatable bonds is 1. The largest absolute Gasteiger partial charge is 0.475 e. The van der Waals surface area contributed by atoms with Crippen molar-refractivity contribution in [3.8, 4) is 0 Å². The maximum atomic E-state index is 10.6. The third-order valence-electron chi connectivity index (χ3n) is 1.71. The van der Waals surface area contributed by atoms with Crippen molar-refractivity contribution >= 4 is 21.9 Å². The van der Waals surface area contributed by atoms with Gasteiger partial charge in [0, 0.05) is 5.56 Å². The minimum absolute atomic E-state index is 0.0307. The molecule has 0 aliphatic rings. The average Bonchev–Trinajstić information content (AvgIpc) is 2.29. The van der Waals surface area contributed by atoms with Crippen LogP contribution >= 0.6 is 15.9 Å². The zero-order valence-corrected chi connectivity index (χ0v) is 9.31. The lowest BCUT2D eigenvalue weighted by Gasteiger charge is -2.15. The van der Waals surface area contributed by atoms with Crippen LogP contribution < -0.4 is 0 Å². The highest BCUT2D eigenvalue weighted by Crippen LogP contribution is 2.32. The van der Waals surface area contributed by atoms with Crippen LogP contribution in [0.4, 0.5) is 0 Å². The number of hydrogen-bond acceptors (Lipinski definition) is 2. The third kappa shape index (κ3) is 2.12. The molecule has 13 heavy (non-hydrogen) atoms. The Kier molecular flexibility index (Phi) is 2.52. The van der Waals surface area contributed by atoms with E-state index in [2.05, 4.69) is 15.9 Å². The van der Waals surface area contributed by atoms with E-state index in [0.717, 1.165) is 5.56 Å². The summed E-state index contributed by atoms with van der Waals surface area (Å²) in [7, 11) is 0. The summed E-state index contributed by atoms with van der Waals surface area (Å²) in [6, 6.07) is 1.55. The van der Waals surface area contributed by atoms with Gasteiger partial charge in [0.25, 0.3) is 0 Å². The molecule has 1 N–H and O–H groups in total. The van der Waals surface area contributed by atoms with E-state index in [1.807, 2.05) is 20.8 Å². The molecule has 0 bridgehead atoms. The van der Waals surface area contributed by atoms with E-state index in [0.29, 0.717) is 4.67 Å². The van der Waals surface area contributed by atoms with Crippen molar-refractivity contribution < 1.29 is 14.3 Å². The van der Waals surface area contributed by atoms with Crippen LogP contribution in [0.5, 0.6) is 0 Å². The summed E-state index contributed by atoms with van der Waals surface area (Å²) < 4.78 is 5.52. The second kappa shape index (κ2) is 3.18. The van der Waals surface area contributed by atoms with Gasteiger partial charge in [-0.2, -0.15) is 0 Å². The van der Waals surface area contributed by atoms with Crippen molar-refractivity contribution in [2.24, 2.45) is 0 Å². The molecule has 0 amide bonds. The van der Waals surface area contributed by atoms with Crippen molar-refractivity contribution in [2.45, 2.75) is 26.2 Å². The van der Waals surface area contributed by atoms with E-state index in [1.165, 1.54) is 0 Å². The van der Waals surface area contributed by atoms with Crippen LogP contribution in [-0.2, 0) is 5.41 Å². The van der Waals surface area contributed by atoms with Gasteiger partial charge in [-0.15, -0.1) is 0 Å². The fourth-order valence-corrected chi connectivity index (χ4v) is 1.87. The minimum Gasteiger partial charge on any atom is -0.475 e. The number of furan rings is 1. The molecule has 3 nitrogen and oxygen atoms in total. The van der Waals surface area contributed by atoms with Gasteiger partial charge in [0.2, 0.25) is 5.76 Å². The molecule has 0 saturated carbocycles. The van der Waals surface area contributed by atoms with Crippen molar-refractivity contribution in [1.29, 1.82) is 0 Å². The van der Waals surface area contributed by atoms with Crippen LogP contribution in [0.3, 0.4) is 0 Å². The Morgan fingerprint density at radius 2 is 2.08 bits per heavy atom. The molecule has 0 saturated heterocycles. The standard InChI is InChI=1S/C9H11BrO3/c1-9(2,3)5-4-6(8(11)12)13-7(5)10/h4H,1-3H3,(H,11,12). The topological polar surface area (TPSA) is 50.4 Å². The van der Waals surface area contributed by atoms with E-state index in [-0.39, 0.29) is 11.2 Å². The van der Waals surface area contributed by atoms with E-state index in [4.69, 9.17) is 9.52 Å². The molecule has 0 atom stereocenters. The lowest BCUT2D eigenvalue weighted by Crippen LogP contribution is -2.10. The Bertz CT molecular complexity index is 333. The first kappa shape index (κ1) is 10.3. The smallest absolute Gasteiger partial charge is 0.371 e. The molecule has 1 aromatic heterocycles. The number of carboxylic acid groups (broad SMARTS) is 1. The average molecular weight is 247 g/mol. The number of aromatic carboxylic acids is 1. The summed E-state index contributed by atoms with van der Waals surface area (Å²) in [5, 5.41) is 8.67. The van der Waals surface area contributed by atoms with Crippen LogP contribution in [0.1, 0.15) is 36.9 Å². The second-order valence-corrected chi connectivity index (χ2v) is 4.57. The first-order valence-corrected chi connectivity index (χ1v) is 4.65. The maximum Gasteiger partial charge on any atom is 0.371 e. The Balaban J connectivity index is 3.18. The Morgan fingerprint density at radius 1 is 1.54 bits per heavy atom. The molecule has 1 heterocycles. The Hall–Kier alpha value is -0.770. The van der Waals surface area contributed by atoms with Gasteiger partial charge in [0.05, 0.1) is 0 Å². The number of carbonyl (C=O) groups is 1. The molecule has 1 rings (SSSR count). The minimum atomic E-state index is -1.05. The fraction of sp³-hybridized carbons (Fsp3) is 0.444. The lowest BCUT2D eigenvalue weighted by atomic mass is 9.89. The van der Waals surface area contributed by atoms with Crippen LogP contribution in [0.15, 0.2) is 15.2 Å². The van der Waals surface area contributed by atoms with E-state index >= 15 is 0 Å². The molecular weight excluding hydrogens is 236 g/mol. The number of halogens is 1. The van der Waals surface area contributed by atoms with Crippen molar-refractivity contribution in [1.82, 2.24) is 0 Å². The number of hydrogen-bond donors (Lipinski definition) is 1. The zero-order valence-electron chi connectivity index (χ0n) is 7.72. The number of carboxylic acids is 1. The summed E-state index contributed by atoms with van der Waals surface area (Å²) in [5.74, 6) is -1.08. The van der Waals surface area contributed by atoms with Gasteiger partial charge in [0.1, 0.15) is 0 Å². The summed E-state index contributed by atoms with van der Waals surface area (Å²) in [5.41, 5.74) is 0.751. The molecule has 0 spiro atoms. The normalized spacial score (nSPS) is 11.7. The Labute approximate surface area is 84.9 Å². The highest BCUT2D eigenvalue weighted by molar-refractivity contribution is 9.10. The van der Waals surface area contributed by atoms with Crippen LogP contribution in [0.2, 0.25) is 0 Å². The molecule has 0 radical (unpaired) electrons.